The molecule has 0 amide bonds. The summed E-state index contributed by atoms with van der Waals surface area (Å²) in [6.07, 6.45) is 0.722. The lowest BCUT2D eigenvalue weighted by Crippen LogP contribution is -2.36. The van der Waals surface area contributed by atoms with Crippen LogP contribution in [0.25, 0.3) is 0 Å². The fraction of sp³-hybridized carbons (Fsp3) is 1.00. The maximum absolute atomic E-state index is 10.1. The normalized spacial score (nSPS) is 45.0. The number of nitrogens with zero attached hydrogens (tertiary/aromatic N) is 1. The van der Waals surface area contributed by atoms with Gasteiger partial charge in [-0.15, -0.1) is 5.73 Å². The second-order valence-corrected chi connectivity index (χ2v) is 1.68. The van der Waals surface area contributed by atoms with Crippen LogP contribution in [0.2, 0.25) is 0 Å². The lowest BCUT2D eigenvalue weighted by molar-refractivity contribution is 0.00239. The Morgan fingerprint density at radius 2 is 2.00 bits per heavy atom. The SMILES string of the molecule is [N]C1CCC1[O]. The van der Waals surface area contributed by atoms with E-state index in [-0.39, 0.29) is 0 Å². The van der Waals surface area contributed by atoms with Crippen LogP contribution in [0.1, 0.15) is 12.8 Å². The molecule has 0 aromatic heterocycles. The van der Waals surface area contributed by atoms with Crippen LogP contribution in [0.4, 0.5) is 0 Å². The summed E-state index contributed by atoms with van der Waals surface area (Å²) in [5, 5.41) is 10.1. The second kappa shape index (κ2) is 1.21. The van der Waals surface area contributed by atoms with Crippen LogP contribution < -0.4 is 5.73 Å². The molecule has 3 radical (unpaired) electrons. The van der Waals surface area contributed by atoms with Gasteiger partial charge in [0.2, 0.25) is 0 Å². The van der Waals surface area contributed by atoms with E-state index in [1.54, 1.807) is 0 Å². The highest BCUT2D eigenvalue weighted by atomic mass is 16.3. The summed E-state index contributed by atoms with van der Waals surface area (Å²) in [5.41, 5.74) is 8.40. The summed E-state index contributed by atoms with van der Waals surface area (Å²) >= 11 is 0. The lowest BCUT2D eigenvalue weighted by Gasteiger charge is -2.23. The van der Waals surface area contributed by atoms with Crippen LogP contribution in [0.5, 0.6) is 0 Å². The molecule has 0 aromatic carbocycles. The van der Waals surface area contributed by atoms with Crippen molar-refractivity contribution in [3.8, 4) is 0 Å². The fourth-order valence-electron chi connectivity index (χ4n) is 0.452. The molecule has 1 aliphatic rings. The van der Waals surface area contributed by atoms with E-state index in [0.29, 0.717) is 12.8 Å². The zero-order valence-electron chi connectivity index (χ0n) is 3.42. The first-order valence-corrected chi connectivity index (χ1v) is 2.14. The molecule has 33 valence electrons. The largest absolute Gasteiger partial charge is 0.231 e. The first-order valence-electron chi connectivity index (χ1n) is 2.14. The Balaban J connectivity index is 2.20. The molecule has 2 nitrogen and oxygen atoms in total. The maximum Gasteiger partial charge on any atom is 0.111 e. The van der Waals surface area contributed by atoms with Gasteiger partial charge in [-0.1, -0.05) is 0 Å². The highest BCUT2D eigenvalue weighted by molar-refractivity contribution is 4.81. The smallest absolute Gasteiger partial charge is 0.111 e. The molecule has 0 spiro atoms. The van der Waals surface area contributed by atoms with Crippen molar-refractivity contribution in [1.29, 1.82) is 0 Å². The van der Waals surface area contributed by atoms with Gasteiger partial charge < -0.3 is 0 Å². The molecule has 1 saturated carbocycles. The topological polar surface area (TPSA) is 42.2 Å². The molecule has 0 N–H and O–H groups in total. The molecular weight excluding hydrogens is 78.0 g/mol. The predicted molar refractivity (Wildman–Crippen MR) is 19.6 cm³/mol. The van der Waals surface area contributed by atoms with E-state index in [1.807, 2.05) is 0 Å². The van der Waals surface area contributed by atoms with E-state index in [0.717, 1.165) is 0 Å². The van der Waals surface area contributed by atoms with E-state index >= 15 is 0 Å². The average Bonchev–Trinajstić information content (AvgIpc) is 1.61. The van der Waals surface area contributed by atoms with Crippen LogP contribution in [0.15, 0.2) is 0 Å². The van der Waals surface area contributed by atoms with Crippen molar-refractivity contribution < 1.29 is 5.11 Å². The highest BCUT2D eigenvalue weighted by Gasteiger charge is 2.27. The van der Waals surface area contributed by atoms with Gasteiger partial charge in [-0.25, -0.2) is 5.11 Å². The second-order valence-electron chi connectivity index (χ2n) is 1.68. The third kappa shape index (κ3) is 0.420. The van der Waals surface area contributed by atoms with Gasteiger partial charge in [0.15, 0.2) is 0 Å². The Labute approximate surface area is 37.0 Å². The summed E-state index contributed by atoms with van der Waals surface area (Å²) in [5.74, 6) is 0. The monoisotopic (exact) mass is 84.0 g/mol. The van der Waals surface area contributed by atoms with Gasteiger partial charge in [-0.05, 0) is 12.8 Å². The molecular formula is C4H6NO. The summed E-state index contributed by atoms with van der Waals surface area (Å²) in [7, 11) is 0. The highest BCUT2D eigenvalue weighted by Crippen LogP contribution is 2.18. The Morgan fingerprint density at radius 1 is 1.50 bits per heavy atom. The summed E-state index contributed by atoms with van der Waals surface area (Å²) < 4.78 is 0. The molecule has 1 aliphatic carbocycles. The molecule has 0 heterocycles. The first-order chi connectivity index (χ1) is 2.80. The van der Waals surface area contributed by atoms with Crippen LogP contribution >= 0.6 is 0 Å². The molecule has 0 aliphatic heterocycles. The number of hydrogen-bond acceptors (Lipinski definition) is 0. The van der Waals surface area contributed by atoms with Gasteiger partial charge in [0.25, 0.3) is 0 Å². The van der Waals surface area contributed by atoms with Crippen molar-refractivity contribution in [3.05, 3.63) is 0 Å². The molecule has 6 heavy (non-hydrogen) atoms. The molecule has 0 aromatic rings. The Morgan fingerprint density at radius 3 is 2.00 bits per heavy atom. The van der Waals surface area contributed by atoms with Gasteiger partial charge in [0, 0.05) is 0 Å². The zero-order chi connectivity index (χ0) is 4.57. The maximum atomic E-state index is 10.1. The third-order valence-corrected chi connectivity index (χ3v) is 1.18. The van der Waals surface area contributed by atoms with Crippen molar-refractivity contribution in [3.63, 3.8) is 0 Å². The van der Waals surface area contributed by atoms with Crippen LogP contribution in [-0.2, 0) is 5.11 Å². The van der Waals surface area contributed by atoms with E-state index in [2.05, 4.69) is 0 Å². The standard InChI is InChI=1S/C4H6NO/c5-3-1-2-4(3)6/h3-4H,1-2H2. The molecule has 2 atom stereocenters. The van der Waals surface area contributed by atoms with E-state index in [9.17, 15) is 5.11 Å². The van der Waals surface area contributed by atoms with Crippen molar-refractivity contribution in [2.45, 2.75) is 25.0 Å². The van der Waals surface area contributed by atoms with Gasteiger partial charge in [-0.3, -0.25) is 0 Å². The minimum Gasteiger partial charge on any atom is -0.231 e. The lowest BCUT2D eigenvalue weighted by atomic mass is 9.90. The average molecular weight is 84.1 g/mol. The molecule has 2 heteroatoms. The van der Waals surface area contributed by atoms with Gasteiger partial charge in [0.1, 0.15) is 6.10 Å². The Bertz CT molecular complexity index is 47.5. The van der Waals surface area contributed by atoms with Crippen molar-refractivity contribution in [2.75, 3.05) is 0 Å². The molecule has 1 rings (SSSR count). The van der Waals surface area contributed by atoms with Gasteiger partial charge in [-0.2, -0.15) is 0 Å². The summed E-state index contributed by atoms with van der Waals surface area (Å²) in [6, 6.07) is -0.523. The van der Waals surface area contributed by atoms with E-state index < -0.39 is 12.1 Å². The van der Waals surface area contributed by atoms with Crippen LogP contribution in [-0.4, -0.2) is 12.1 Å². The van der Waals surface area contributed by atoms with Gasteiger partial charge in [0.05, 0.1) is 6.04 Å². The molecule has 0 saturated heterocycles. The zero-order valence-corrected chi connectivity index (χ0v) is 3.42. The van der Waals surface area contributed by atoms with E-state index in [1.165, 1.54) is 0 Å². The molecule has 1 fully saturated rings. The van der Waals surface area contributed by atoms with Crippen molar-refractivity contribution in [1.82, 2.24) is 5.73 Å². The Hall–Kier alpha value is -0.0800. The van der Waals surface area contributed by atoms with Crippen LogP contribution in [0, 0.1) is 0 Å². The number of hydrogen-bond donors (Lipinski definition) is 0. The van der Waals surface area contributed by atoms with Crippen molar-refractivity contribution >= 4 is 0 Å². The predicted octanol–water partition coefficient (Wildman–Crippen LogP) is 0.0166. The molecule has 0 bridgehead atoms. The molecule has 2 unspecified atom stereocenters. The summed E-state index contributed by atoms with van der Waals surface area (Å²) in [6.45, 7) is 0. The Kier molecular flexibility index (Phi) is 0.821. The van der Waals surface area contributed by atoms with Crippen molar-refractivity contribution in [2.24, 2.45) is 0 Å². The van der Waals surface area contributed by atoms with Crippen LogP contribution in [0.3, 0.4) is 0 Å². The van der Waals surface area contributed by atoms with Gasteiger partial charge >= 0.3 is 0 Å². The third-order valence-electron chi connectivity index (χ3n) is 1.18. The quantitative estimate of drug-likeness (QED) is 0.397. The number of rotatable bonds is 0. The fourth-order valence-corrected chi connectivity index (χ4v) is 0.452. The minimum absolute atomic E-state index is 0.523. The first kappa shape index (κ1) is 4.09. The summed E-state index contributed by atoms with van der Waals surface area (Å²) in [4.78, 5) is 0. The minimum atomic E-state index is -0.662. The van der Waals surface area contributed by atoms with E-state index in [4.69, 9.17) is 5.73 Å².